The predicted octanol–water partition coefficient (Wildman–Crippen LogP) is 5.64. The molecule has 0 N–H and O–H groups in total. The van der Waals surface area contributed by atoms with E-state index in [-0.39, 0.29) is 0 Å². The molecule has 2 nitrogen and oxygen atoms in total. The van der Waals surface area contributed by atoms with Crippen LogP contribution < -0.4 is 9.47 Å². The van der Waals surface area contributed by atoms with E-state index in [1.807, 2.05) is 60.7 Å². The molecule has 0 aliphatic carbocycles. The molecule has 0 aliphatic rings. The molecule has 0 saturated heterocycles. The van der Waals surface area contributed by atoms with Gasteiger partial charge in [0.1, 0.15) is 11.5 Å². The monoisotopic (exact) mass is 362 g/mol. The number of ether oxygens (including phenoxy) is 2. The highest BCUT2D eigenvalue weighted by atomic mass is 16.5. The minimum Gasteiger partial charge on any atom is -0.496 e. The van der Waals surface area contributed by atoms with Gasteiger partial charge in [0.2, 0.25) is 0 Å². The molecule has 4 rings (SSSR count). The Morgan fingerprint density at radius 3 is 1.39 bits per heavy atom. The fourth-order valence-corrected chi connectivity index (χ4v) is 3.66. The third-order valence-corrected chi connectivity index (χ3v) is 4.99. The molecule has 0 fully saturated rings. The van der Waals surface area contributed by atoms with Crippen LogP contribution in [0, 0.1) is 24.7 Å². The van der Waals surface area contributed by atoms with Crippen molar-refractivity contribution in [3.05, 3.63) is 71.8 Å². The zero-order valence-corrected chi connectivity index (χ0v) is 15.7. The standard InChI is InChI=1S/C26H18O2/c1-5-17-7-11-21-19(15-17)9-13-23(27-3)25(21)26-22-12-8-18(6-2)16-20(22)10-14-24(26)28-4/h1-2,7-16H,3-4H3. The van der Waals surface area contributed by atoms with Gasteiger partial charge in [-0.3, -0.25) is 0 Å². The molecule has 0 unspecified atom stereocenters. The fraction of sp³-hybridized carbons (Fsp3) is 0.0769. The van der Waals surface area contributed by atoms with Gasteiger partial charge in [0.15, 0.2) is 0 Å². The number of hydrogen-bond acceptors (Lipinski definition) is 2. The van der Waals surface area contributed by atoms with Gasteiger partial charge >= 0.3 is 0 Å². The highest BCUT2D eigenvalue weighted by molar-refractivity contribution is 6.10. The first-order chi connectivity index (χ1) is 13.7. The van der Waals surface area contributed by atoms with Crippen molar-refractivity contribution in [2.24, 2.45) is 0 Å². The molecule has 0 amide bonds. The summed E-state index contributed by atoms with van der Waals surface area (Å²) in [6.45, 7) is 0. The Labute approximate surface area is 164 Å². The molecule has 0 radical (unpaired) electrons. The van der Waals surface area contributed by atoms with Crippen LogP contribution in [0.2, 0.25) is 0 Å². The summed E-state index contributed by atoms with van der Waals surface area (Å²) in [6.07, 6.45) is 11.2. The number of hydrogen-bond donors (Lipinski definition) is 0. The quantitative estimate of drug-likeness (QED) is 0.439. The van der Waals surface area contributed by atoms with Gasteiger partial charge in [0.05, 0.1) is 14.2 Å². The van der Waals surface area contributed by atoms with Gasteiger partial charge in [0, 0.05) is 22.3 Å². The molecule has 0 aromatic heterocycles. The molecular formula is C26H18O2. The van der Waals surface area contributed by atoms with Gasteiger partial charge < -0.3 is 9.47 Å². The van der Waals surface area contributed by atoms with Gasteiger partial charge in [-0.25, -0.2) is 0 Å². The summed E-state index contributed by atoms with van der Waals surface area (Å²) in [5.74, 6) is 6.94. The largest absolute Gasteiger partial charge is 0.496 e. The second kappa shape index (κ2) is 7.03. The van der Waals surface area contributed by atoms with Crippen molar-refractivity contribution in [3.8, 4) is 47.3 Å². The van der Waals surface area contributed by atoms with Crippen LogP contribution in [0.1, 0.15) is 11.1 Å². The third kappa shape index (κ3) is 2.73. The van der Waals surface area contributed by atoms with Crippen LogP contribution in [-0.4, -0.2) is 14.2 Å². The highest BCUT2D eigenvalue weighted by Gasteiger charge is 2.18. The Bertz CT molecular complexity index is 1200. The van der Waals surface area contributed by atoms with Crippen LogP contribution >= 0.6 is 0 Å². The third-order valence-electron chi connectivity index (χ3n) is 4.99. The summed E-state index contributed by atoms with van der Waals surface area (Å²) in [6, 6.07) is 19.9. The molecular weight excluding hydrogens is 344 g/mol. The normalized spacial score (nSPS) is 10.4. The van der Waals surface area contributed by atoms with Gasteiger partial charge in [-0.1, -0.05) is 36.1 Å². The number of rotatable bonds is 3. The van der Waals surface area contributed by atoms with Gasteiger partial charge in [-0.05, 0) is 57.9 Å². The summed E-state index contributed by atoms with van der Waals surface area (Å²) in [4.78, 5) is 0. The second-order valence-corrected chi connectivity index (χ2v) is 6.45. The van der Waals surface area contributed by atoms with Crippen molar-refractivity contribution in [3.63, 3.8) is 0 Å². The van der Waals surface area contributed by atoms with Crippen LogP contribution in [0.15, 0.2) is 60.7 Å². The molecule has 0 aliphatic heterocycles. The molecule has 0 heterocycles. The van der Waals surface area contributed by atoms with E-state index in [1.54, 1.807) is 14.2 Å². The summed E-state index contributed by atoms with van der Waals surface area (Å²) in [5.41, 5.74) is 3.62. The Kier molecular flexibility index (Phi) is 4.40. The number of benzene rings is 4. The fourth-order valence-electron chi connectivity index (χ4n) is 3.66. The molecule has 134 valence electrons. The van der Waals surface area contributed by atoms with Crippen molar-refractivity contribution in [2.75, 3.05) is 14.2 Å². The summed E-state index contributed by atoms with van der Waals surface area (Å²) < 4.78 is 11.5. The maximum atomic E-state index is 5.73. The van der Waals surface area contributed by atoms with Crippen LogP contribution in [0.3, 0.4) is 0 Å². The van der Waals surface area contributed by atoms with Crippen LogP contribution in [0.5, 0.6) is 11.5 Å². The minimum absolute atomic E-state index is 0.771. The van der Waals surface area contributed by atoms with Crippen LogP contribution in [-0.2, 0) is 0 Å². The lowest BCUT2D eigenvalue weighted by Gasteiger charge is -2.18. The maximum absolute atomic E-state index is 5.73. The van der Waals surface area contributed by atoms with Gasteiger partial charge in [0.25, 0.3) is 0 Å². The SMILES string of the molecule is C#Cc1ccc2c(-c3c(OC)ccc4cc(C#C)ccc34)c(OC)ccc2c1. The molecule has 0 saturated carbocycles. The Morgan fingerprint density at radius 1 is 0.607 bits per heavy atom. The van der Waals surface area contributed by atoms with Crippen molar-refractivity contribution in [2.45, 2.75) is 0 Å². The molecule has 28 heavy (non-hydrogen) atoms. The van der Waals surface area contributed by atoms with E-state index >= 15 is 0 Å². The van der Waals surface area contributed by atoms with Gasteiger partial charge in [-0.2, -0.15) is 0 Å². The van der Waals surface area contributed by atoms with E-state index in [1.165, 1.54) is 0 Å². The van der Waals surface area contributed by atoms with E-state index in [2.05, 4.69) is 11.8 Å². The van der Waals surface area contributed by atoms with Crippen molar-refractivity contribution >= 4 is 21.5 Å². The van der Waals surface area contributed by atoms with Crippen LogP contribution in [0.25, 0.3) is 32.7 Å². The lowest BCUT2D eigenvalue weighted by molar-refractivity contribution is 0.411. The smallest absolute Gasteiger partial charge is 0.127 e. The summed E-state index contributed by atoms with van der Waals surface area (Å²) >= 11 is 0. The molecule has 4 aromatic rings. The van der Waals surface area contributed by atoms with E-state index in [0.717, 1.165) is 55.3 Å². The first kappa shape index (κ1) is 17.5. The van der Waals surface area contributed by atoms with Crippen molar-refractivity contribution in [1.82, 2.24) is 0 Å². The number of terminal acetylenes is 2. The Morgan fingerprint density at radius 2 is 1.04 bits per heavy atom. The number of fused-ring (bicyclic) bond motifs is 2. The van der Waals surface area contributed by atoms with E-state index in [9.17, 15) is 0 Å². The Hall–Kier alpha value is -3.88. The lowest BCUT2D eigenvalue weighted by Crippen LogP contribution is -1.95. The zero-order valence-electron chi connectivity index (χ0n) is 15.7. The van der Waals surface area contributed by atoms with Crippen LogP contribution in [0.4, 0.5) is 0 Å². The van der Waals surface area contributed by atoms with Crippen molar-refractivity contribution < 1.29 is 9.47 Å². The Balaban J connectivity index is 2.16. The zero-order chi connectivity index (χ0) is 19.7. The molecule has 0 atom stereocenters. The minimum atomic E-state index is 0.771. The first-order valence-electron chi connectivity index (χ1n) is 8.85. The average molecular weight is 362 g/mol. The molecule has 0 bridgehead atoms. The first-order valence-corrected chi connectivity index (χ1v) is 8.85. The number of methoxy groups -OCH3 is 2. The molecule has 0 spiro atoms. The molecule has 4 aromatic carbocycles. The maximum Gasteiger partial charge on any atom is 0.127 e. The summed E-state index contributed by atoms with van der Waals surface area (Å²) in [7, 11) is 3.35. The second-order valence-electron chi connectivity index (χ2n) is 6.45. The molecule has 2 heteroatoms. The van der Waals surface area contributed by atoms with E-state index in [4.69, 9.17) is 22.3 Å². The summed E-state index contributed by atoms with van der Waals surface area (Å²) in [5, 5.41) is 4.19. The highest BCUT2D eigenvalue weighted by Crippen LogP contribution is 2.45. The topological polar surface area (TPSA) is 18.5 Å². The van der Waals surface area contributed by atoms with Gasteiger partial charge in [-0.15, -0.1) is 12.8 Å². The van der Waals surface area contributed by atoms with E-state index in [0.29, 0.717) is 0 Å². The van der Waals surface area contributed by atoms with E-state index < -0.39 is 0 Å². The van der Waals surface area contributed by atoms with Crippen molar-refractivity contribution in [1.29, 1.82) is 0 Å². The lowest BCUT2D eigenvalue weighted by atomic mass is 9.91. The average Bonchev–Trinajstić information content (AvgIpc) is 2.76. The predicted molar refractivity (Wildman–Crippen MR) is 116 cm³/mol.